The zero-order valence-corrected chi connectivity index (χ0v) is 12.2. The van der Waals surface area contributed by atoms with E-state index in [1.54, 1.807) is 4.90 Å². The number of nitrogens with zero attached hydrogens (tertiary/aromatic N) is 1. The number of benzene rings is 1. The molecule has 0 saturated heterocycles. The van der Waals surface area contributed by atoms with Crippen molar-refractivity contribution >= 4 is 5.91 Å². The van der Waals surface area contributed by atoms with E-state index in [2.05, 4.69) is 26.0 Å². The molecule has 0 aliphatic rings. The Kier molecular flexibility index (Phi) is 6.57. The lowest BCUT2D eigenvalue weighted by molar-refractivity contribution is -0.130. The summed E-state index contributed by atoms with van der Waals surface area (Å²) in [5.41, 5.74) is 2.35. The van der Waals surface area contributed by atoms with Gasteiger partial charge in [0.15, 0.2) is 0 Å². The molecule has 1 aromatic carbocycles. The van der Waals surface area contributed by atoms with Crippen LogP contribution < -0.4 is 0 Å². The number of likely N-dealkylation sites (N-methyl/N-ethyl adjacent to an activating group) is 1. The number of hydrogen-bond acceptors (Lipinski definition) is 2. The van der Waals surface area contributed by atoms with E-state index in [1.807, 2.05) is 19.1 Å². The van der Waals surface area contributed by atoms with Gasteiger partial charge in [0, 0.05) is 13.1 Å². The molecule has 0 heterocycles. The molecule has 1 amide bonds. The molecule has 0 fully saturated rings. The highest BCUT2D eigenvalue weighted by Gasteiger charge is 2.11. The van der Waals surface area contributed by atoms with Crippen molar-refractivity contribution in [1.82, 2.24) is 4.90 Å². The normalized spacial score (nSPS) is 10.8. The van der Waals surface area contributed by atoms with Crippen molar-refractivity contribution in [2.45, 2.75) is 33.6 Å². The number of carbonyl (C=O) groups is 1. The van der Waals surface area contributed by atoms with E-state index in [0.29, 0.717) is 25.4 Å². The fraction of sp³-hybridized carbons (Fsp3) is 0.562. The monoisotopic (exact) mass is 263 g/mol. The van der Waals surface area contributed by atoms with Crippen molar-refractivity contribution in [2.24, 2.45) is 5.92 Å². The predicted octanol–water partition coefficient (Wildman–Crippen LogP) is 2.27. The van der Waals surface area contributed by atoms with Gasteiger partial charge >= 0.3 is 0 Å². The molecule has 0 aliphatic carbocycles. The lowest BCUT2D eigenvalue weighted by Gasteiger charge is -2.19. The Morgan fingerprint density at radius 1 is 1.21 bits per heavy atom. The van der Waals surface area contributed by atoms with E-state index in [9.17, 15) is 4.79 Å². The van der Waals surface area contributed by atoms with Crippen LogP contribution in [0.4, 0.5) is 0 Å². The van der Waals surface area contributed by atoms with Gasteiger partial charge in [0.1, 0.15) is 0 Å². The second-order valence-electron chi connectivity index (χ2n) is 5.29. The first-order chi connectivity index (χ1) is 9.06. The molecule has 0 bridgehead atoms. The van der Waals surface area contributed by atoms with E-state index in [4.69, 9.17) is 5.11 Å². The van der Waals surface area contributed by atoms with Crippen molar-refractivity contribution in [3.63, 3.8) is 0 Å². The summed E-state index contributed by atoms with van der Waals surface area (Å²) in [6.07, 6.45) is 1.48. The molecule has 3 heteroatoms. The van der Waals surface area contributed by atoms with Gasteiger partial charge < -0.3 is 10.0 Å². The summed E-state index contributed by atoms with van der Waals surface area (Å²) in [6, 6.07) is 8.26. The van der Waals surface area contributed by atoms with Crippen LogP contribution in [0.2, 0.25) is 0 Å². The predicted molar refractivity (Wildman–Crippen MR) is 78.0 cm³/mol. The molecule has 1 N–H and O–H groups in total. The van der Waals surface area contributed by atoms with Gasteiger partial charge in [-0.15, -0.1) is 0 Å². The minimum absolute atomic E-state index is 0.0207. The van der Waals surface area contributed by atoms with Gasteiger partial charge in [0.05, 0.1) is 13.0 Å². The largest absolute Gasteiger partial charge is 0.395 e. The summed E-state index contributed by atoms with van der Waals surface area (Å²) in [6.45, 7) is 7.41. The van der Waals surface area contributed by atoms with E-state index in [1.165, 1.54) is 5.56 Å². The van der Waals surface area contributed by atoms with Gasteiger partial charge in [0.2, 0.25) is 5.91 Å². The molecule has 0 atom stereocenters. The number of aliphatic hydroxyl groups is 1. The average molecular weight is 263 g/mol. The summed E-state index contributed by atoms with van der Waals surface area (Å²) in [5.74, 6) is 0.723. The van der Waals surface area contributed by atoms with Gasteiger partial charge in [-0.25, -0.2) is 0 Å². The zero-order chi connectivity index (χ0) is 14.3. The van der Waals surface area contributed by atoms with Crippen LogP contribution in [0.15, 0.2) is 24.3 Å². The molecule has 0 unspecified atom stereocenters. The number of rotatable bonds is 7. The van der Waals surface area contributed by atoms with Gasteiger partial charge in [-0.3, -0.25) is 4.79 Å². The van der Waals surface area contributed by atoms with Crippen LogP contribution in [-0.2, 0) is 17.6 Å². The second kappa shape index (κ2) is 7.95. The smallest absolute Gasteiger partial charge is 0.227 e. The highest BCUT2D eigenvalue weighted by atomic mass is 16.3. The third kappa shape index (κ3) is 5.43. The summed E-state index contributed by atoms with van der Waals surface area (Å²) in [5, 5.41) is 8.91. The third-order valence-electron chi connectivity index (χ3n) is 3.13. The molecule has 3 nitrogen and oxygen atoms in total. The van der Waals surface area contributed by atoms with Gasteiger partial charge in [-0.2, -0.15) is 0 Å². The second-order valence-corrected chi connectivity index (χ2v) is 5.29. The molecule has 0 aromatic heterocycles. The Morgan fingerprint density at radius 3 is 2.26 bits per heavy atom. The molecule has 0 aliphatic heterocycles. The fourth-order valence-corrected chi connectivity index (χ4v) is 2.13. The number of amides is 1. The zero-order valence-electron chi connectivity index (χ0n) is 12.2. The summed E-state index contributed by atoms with van der Waals surface area (Å²) < 4.78 is 0. The van der Waals surface area contributed by atoms with Crippen LogP contribution >= 0.6 is 0 Å². The van der Waals surface area contributed by atoms with E-state index in [-0.39, 0.29) is 12.5 Å². The van der Waals surface area contributed by atoms with E-state index < -0.39 is 0 Å². The van der Waals surface area contributed by atoms with E-state index >= 15 is 0 Å². The average Bonchev–Trinajstić information content (AvgIpc) is 2.37. The third-order valence-corrected chi connectivity index (χ3v) is 3.13. The Hall–Kier alpha value is -1.35. The topological polar surface area (TPSA) is 40.5 Å². The van der Waals surface area contributed by atoms with Crippen LogP contribution in [0, 0.1) is 5.92 Å². The molecule has 106 valence electrons. The number of aliphatic hydroxyl groups excluding tert-OH is 1. The van der Waals surface area contributed by atoms with Crippen LogP contribution in [0.1, 0.15) is 31.9 Å². The summed E-state index contributed by atoms with van der Waals surface area (Å²) in [4.78, 5) is 13.7. The van der Waals surface area contributed by atoms with Crippen LogP contribution in [0.5, 0.6) is 0 Å². The molecular weight excluding hydrogens is 238 g/mol. The molecule has 0 spiro atoms. The van der Waals surface area contributed by atoms with Gasteiger partial charge in [0.25, 0.3) is 0 Å². The molecular formula is C16H25NO2. The molecule has 1 rings (SSSR count). The minimum atomic E-state index is 0.0207. The first kappa shape index (κ1) is 15.7. The van der Waals surface area contributed by atoms with Crippen LogP contribution in [-0.4, -0.2) is 35.6 Å². The van der Waals surface area contributed by atoms with Gasteiger partial charge in [-0.05, 0) is 30.4 Å². The van der Waals surface area contributed by atoms with Crippen molar-refractivity contribution in [1.29, 1.82) is 0 Å². The Bertz CT molecular complexity index is 384. The van der Waals surface area contributed by atoms with E-state index in [0.717, 1.165) is 12.0 Å². The SMILES string of the molecule is CCN(CCO)C(=O)Cc1ccc(CC(C)C)cc1. The number of hydrogen-bond donors (Lipinski definition) is 1. The summed E-state index contributed by atoms with van der Waals surface area (Å²) >= 11 is 0. The highest BCUT2D eigenvalue weighted by Crippen LogP contribution is 2.11. The van der Waals surface area contributed by atoms with Gasteiger partial charge in [-0.1, -0.05) is 38.1 Å². The van der Waals surface area contributed by atoms with Crippen LogP contribution in [0.25, 0.3) is 0 Å². The highest BCUT2D eigenvalue weighted by molar-refractivity contribution is 5.78. The minimum Gasteiger partial charge on any atom is -0.395 e. The fourth-order valence-electron chi connectivity index (χ4n) is 2.13. The Balaban J connectivity index is 2.59. The van der Waals surface area contributed by atoms with Crippen molar-refractivity contribution in [2.75, 3.05) is 19.7 Å². The molecule has 1 aromatic rings. The summed E-state index contributed by atoms with van der Waals surface area (Å²) in [7, 11) is 0. The maximum absolute atomic E-state index is 12.0. The van der Waals surface area contributed by atoms with Crippen LogP contribution in [0.3, 0.4) is 0 Å². The standard InChI is InChI=1S/C16H25NO2/c1-4-17(9-10-18)16(19)12-15-7-5-14(6-8-15)11-13(2)3/h5-8,13,18H,4,9-12H2,1-3H3. The lowest BCUT2D eigenvalue weighted by Crippen LogP contribution is -2.34. The molecule has 0 radical (unpaired) electrons. The first-order valence-electron chi connectivity index (χ1n) is 7.03. The quantitative estimate of drug-likeness (QED) is 0.820. The first-order valence-corrected chi connectivity index (χ1v) is 7.03. The lowest BCUT2D eigenvalue weighted by atomic mass is 10.0. The molecule has 19 heavy (non-hydrogen) atoms. The van der Waals surface area contributed by atoms with Crippen molar-refractivity contribution < 1.29 is 9.90 Å². The maximum atomic E-state index is 12.0. The van der Waals surface area contributed by atoms with Crippen molar-refractivity contribution in [3.8, 4) is 0 Å². The Labute approximate surface area is 116 Å². The maximum Gasteiger partial charge on any atom is 0.227 e. The number of carbonyl (C=O) groups excluding carboxylic acids is 1. The Morgan fingerprint density at radius 2 is 1.79 bits per heavy atom. The van der Waals surface area contributed by atoms with Crippen molar-refractivity contribution in [3.05, 3.63) is 35.4 Å². The molecule has 0 saturated carbocycles.